The van der Waals surface area contributed by atoms with Crippen LogP contribution in [0.2, 0.25) is 0 Å². The molecule has 1 aromatic carbocycles. The van der Waals surface area contributed by atoms with Crippen molar-refractivity contribution in [3.8, 4) is 11.5 Å². The molecule has 0 saturated heterocycles. The smallest absolute Gasteiger partial charge is 0.444 e. The number of benzene rings is 1. The van der Waals surface area contributed by atoms with E-state index in [0.29, 0.717) is 5.56 Å². The van der Waals surface area contributed by atoms with Crippen LogP contribution in [0.4, 0.5) is 14.4 Å². The maximum atomic E-state index is 12.1. The van der Waals surface area contributed by atoms with Crippen LogP contribution in [0, 0.1) is 11.8 Å². The summed E-state index contributed by atoms with van der Waals surface area (Å²) in [5.41, 5.74) is 5.11. The lowest BCUT2D eigenvalue weighted by Crippen LogP contribution is -2.47. The van der Waals surface area contributed by atoms with E-state index in [4.69, 9.17) is 29.4 Å². The Hall–Kier alpha value is -3.50. The molecule has 0 aromatic heterocycles. The molecular formula is C24H36N2O9. The van der Waals surface area contributed by atoms with Crippen LogP contribution in [0.3, 0.4) is 0 Å². The highest BCUT2D eigenvalue weighted by atomic mass is 16.7. The molecule has 1 unspecified atom stereocenters. The van der Waals surface area contributed by atoms with Gasteiger partial charge in [-0.15, -0.1) is 0 Å². The lowest BCUT2D eigenvalue weighted by molar-refractivity contribution is -0.120. The van der Waals surface area contributed by atoms with Crippen LogP contribution < -0.4 is 20.5 Å². The second-order valence-corrected chi connectivity index (χ2v) is 9.70. The summed E-state index contributed by atoms with van der Waals surface area (Å²) in [5.74, 6) is -0.869. The van der Waals surface area contributed by atoms with Crippen molar-refractivity contribution in [3.63, 3.8) is 0 Å². The molecule has 11 heteroatoms. The Morgan fingerprint density at radius 3 is 1.86 bits per heavy atom. The van der Waals surface area contributed by atoms with Gasteiger partial charge in [-0.2, -0.15) is 0 Å². The second-order valence-electron chi connectivity index (χ2n) is 9.70. The lowest BCUT2D eigenvalue weighted by Gasteiger charge is -2.22. The first-order valence-corrected chi connectivity index (χ1v) is 11.3. The fourth-order valence-corrected chi connectivity index (χ4v) is 2.46. The Kier molecular flexibility index (Phi) is 11.3. The number of primary amides is 1. The van der Waals surface area contributed by atoms with Crippen LogP contribution in [-0.4, -0.2) is 49.2 Å². The van der Waals surface area contributed by atoms with Gasteiger partial charge in [0.25, 0.3) is 0 Å². The molecule has 11 nitrogen and oxygen atoms in total. The zero-order chi connectivity index (χ0) is 26.8. The zero-order valence-corrected chi connectivity index (χ0v) is 21.3. The van der Waals surface area contributed by atoms with E-state index in [1.165, 1.54) is 18.2 Å². The van der Waals surface area contributed by atoms with E-state index >= 15 is 0 Å². The lowest BCUT2D eigenvalue weighted by atomic mass is 10.0. The van der Waals surface area contributed by atoms with Gasteiger partial charge in [0.15, 0.2) is 11.5 Å². The molecular weight excluding hydrogens is 460 g/mol. The number of ether oxygens (including phenoxy) is 5. The fourth-order valence-electron chi connectivity index (χ4n) is 2.46. The molecule has 0 heterocycles. The number of rotatable bonds is 10. The van der Waals surface area contributed by atoms with Crippen molar-refractivity contribution < 1.29 is 42.9 Å². The Labute approximate surface area is 205 Å². The molecule has 1 rings (SSSR count). The number of carbonyl (C=O) groups excluding carboxylic acids is 4. The first kappa shape index (κ1) is 29.5. The highest BCUT2D eigenvalue weighted by Gasteiger charge is 2.24. The van der Waals surface area contributed by atoms with E-state index in [1.807, 2.05) is 27.7 Å². The van der Waals surface area contributed by atoms with Gasteiger partial charge in [0.2, 0.25) is 5.91 Å². The standard InChI is InChI=1S/C24H36N2O9/c1-14(2)12-31-22(29)33-18-9-8-16(11-19(18)34-23(30)32-13-15(3)4)10-17(20(25)27)26-21(28)35-24(5,6)7/h8-9,11,14-15,17H,10,12-13H2,1-7H3,(H2,25,27)(H,26,28). The number of nitrogens with one attached hydrogen (secondary N) is 1. The van der Waals surface area contributed by atoms with E-state index in [2.05, 4.69) is 5.32 Å². The van der Waals surface area contributed by atoms with E-state index in [9.17, 15) is 19.2 Å². The summed E-state index contributed by atoms with van der Waals surface area (Å²) in [7, 11) is 0. The monoisotopic (exact) mass is 496 g/mol. The van der Waals surface area contributed by atoms with Crippen molar-refractivity contribution in [3.05, 3.63) is 23.8 Å². The van der Waals surface area contributed by atoms with Crippen molar-refractivity contribution in [1.82, 2.24) is 5.32 Å². The summed E-state index contributed by atoms with van der Waals surface area (Å²) in [5, 5.41) is 2.42. The number of nitrogens with two attached hydrogens (primary N) is 1. The van der Waals surface area contributed by atoms with Gasteiger partial charge in [-0.05, 0) is 50.3 Å². The number of carbonyl (C=O) groups is 4. The number of hydrogen-bond donors (Lipinski definition) is 2. The maximum Gasteiger partial charge on any atom is 0.513 e. The summed E-state index contributed by atoms with van der Waals surface area (Å²) >= 11 is 0. The van der Waals surface area contributed by atoms with Crippen LogP contribution >= 0.6 is 0 Å². The van der Waals surface area contributed by atoms with E-state index < -0.39 is 36.0 Å². The average Bonchev–Trinajstić information content (AvgIpc) is 2.70. The molecule has 35 heavy (non-hydrogen) atoms. The molecule has 196 valence electrons. The summed E-state index contributed by atoms with van der Waals surface area (Å²) < 4.78 is 25.6. The minimum absolute atomic E-state index is 0.0515. The predicted octanol–water partition coefficient (Wildman–Crippen LogP) is 3.95. The predicted molar refractivity (Wildman–Crippen MR) is 126 cm³/mol. The molecule has 0 radical (unpaired) electrons. The Bertz CT molecular complexity index is 891. The minimum Gasteiger partial charge on any atom is -0.444 e. The first-order chi connectivity index (χ1) is 16.2. The topological polar surface area (TPSA) is 152 Å². The third-order valence-electron chi connectivity index (χ3n) is 3.94. The van der Waals surface area contributed by atoms with Crippen LogP contribution in [-0.2, 0) is 25.4 Å². The first-order valence-electron chi connectivity index (χ1n) is 11.3. The number of amides is 2. The molecule has 0 aliphatic carbocycles. The summed E-state index contributed by atoms with van der Waals surface area (Å²) in [6.45, 7) is 12.7. The van der Waals surface area contributed by atoms with E-state index in [-0.39, 0.29) is 43.0 Å². The third kappa shape index (κ3) is 12.5. The average molecular weight is 497 g/mol. The zero-order valence-electron chi connectivity index (χ0n) is 21.3. The molecule has 0 aliphatic rings. The highest BCUT2D eigenvalue weighted by Crippen LogP contribution is 2.30. The van der Waals surface area contributed by atoms with Gasteiger partial charge in [0.05, 0.1) is 13.2 Å². The van der Waals surface area contributed by atoms with E-state index in [1.54, 1.807) is 20.8 Å². The van der Waals surface area contributed by atoms with Gasteiger partial charge in [-0.1, -0.05) is 33.8 Å². The Morgan fingerprint density at radius 1 is 0.886 bits per heavy atom. The van der Waals surface area contributed by atoms with Gasteiger partial charge in [-0.3, -0.25) is 4.79 Å². The largest absolute Gasteiger partial charge is 0.513 e. The molecule has 0 spiro atoms. The van der Waals surface area contributed by atoms with Gasteiger partial charge in [0.1, 0.15) is 11.6 Å². The number of alkyl carbamates (subject to hydrolysis) is 1. The van der Waals surface area contributed by atoms with Crippen molar-refractivity contribution in [2.24, 2.45) is 17.6 Å². The second kappa shape index (κ2) is 13.4. The minimum atomic E-state index is -1.12. The van der Waals surface area contributed by atoms with Crippen molar-refractivity contribution in [1.29, 1.82) is 0 Å². The van der Waals surface area contributed by atoms with Crippen molar-refractivity contribution >= 4 is 24.3 Å². The molecule has 0 saturated carbocycles. The molecule has 0 bridgehead atoms. The summed E-state index contributed by atoms with van der Waals surface area (Å²) in [4.78, 5) is 48.2. The Morgan fingerprint density at radius 2 is 1.40 bits per heavy atom. The van der Waals surface area contributed by atoms with Crippen LogP contribution in [0.1, 0.15) is 54.0 Å². The van der Waals surface area contributed by atoms with Crippen LogP contribution in [0.15, 0.2) is 18.2 Å². The van der Waals surface area contributed by atoms with Crippen LogP contribution in [0.5, 0.6) is 11.5 Å². The van der Waals surface area contributed by atoms with Crippen molar-refractivity contribution in [2.75, 3.05) is 13.2 Å². The molecule has 3 N–H and O–H groups in total. The fraction of sp³-hybridized carbons (Fsp3) is 0.583. The van der Waals surface area contributed by atoms with Gasteiger partial charge in [0, 0.05) is 6.42 Å². The number of hydrogen-bond acceptors (Lipinski definition) is 9. The van der Waals surface area contributed by atoms with Gasteiger partial charge in [-0.25, -0.2) is 14.4 Å². The molecule has 0 fully saturated rings. The third-order valence-corrected chi connectivity index (χ3v) is 3.94. The van der Waals surface area contributed by atoms with Crippen molar-refractivity contribution in [2.45, 2.75) is 66.5 Å². The summed E-state index contributed by atoms with van der Waals surface area (Å²) in [6.07, 6.45) is -2.85. The SMILES string of the molecule is CC(C)COC(=O)Oc1ccc(CC(NC(=O)OC(C)(C)C)C(N)=O)cc1OC(=O)OCC(C)C. The highest BCUT2D eigenvalue weighted by molar-refractivity contribution is 5.84. The van der Waals surface area contributed by atoms with Gasteiger partial charge < -0.3 is 34.7 Å². The molecule has 2 amide bonds. The molecule has 0 aliphatic heterocycles. The van der Waals surface area contributed by atoms with Gasteiger partial charge >= 0.3 is 18.4 Å². The maximum absolute atomic E-state index is 12.1. The normalized spacial score (nSPS) is 12.0. The quantitative estimate of drug-likeness (QED) is 0.278. The Balaban J connectivity index is 3.09. The van der Waals surface area contributed by atoms with Crippen LogP contribution in [0.25, 0.3) is 0 Å². The molecule has 1 atom stereocenters. The summed E-state index contributed by atoms with van der Waals surface area (Å²) in [6, 6.07) is 3.13. The molecule has 1 aromatic rings. The van der Waals surface area contributed by atoms with E-state index in [0.717, 1.165) is 0 Å².